The molecular formula is C23H33NO2Si. The van der Waals surface area contributed by atoms with Crippen molar-refractivity contribution in [2.45, 2.75) is 64.9 Å². The molecule has 0 saturated carbocycles. The van der Waals surface area contributed by atoms with E-state index in [4.69, 9.17) is 4.74 Å². The molecule has 0 aliphatic carbocycles. The first-order valence-corrected chi connectivity index (χ1v) is 13.3. The first kappa shape index (κ1) is 21.2. The summed E-state index contributed by atoms with van der Waals surface area (Å²) in [5.74, 6) is 0. The zero-order valence-corrected chi connectivity index (χ0v) is 18.3. The monoisotopic (exact) mass is 383 g/mol. The minimum absolute atomic E-state index is 0.0980. The predicted octanol–water partition coefficient (Wildman–Crippen LogP) is 6.62. The number of hydrogen-bond donors (Lipinski definition) is 1. The lowest BCUT2D eigenvalue weighted by molar-refractivity contribution is 0.0986. The van der Waals surface area contributed by atoms with Gasteiger partial charge in [-0.25, -0.2) is 4.79 Å². The van der Waals surface area contributed by atoms with Crippen LogP contribution in [0.3, 0.4) is 0 Å². The molecule has 0 saturated heterocycles. The van der Waals surface area contributed by atoms with E-state index >= 15 is 0 Å². The SMILES string of the molecule is C=C(CCCC(C)OC(=O)NC(C)c1cccc2ccccc12)[Si](C)(C)C. The second-order valence-corrected chi connectivity index (χ2v) is 13.6. The van der Waals surface area contributed by atoms with Gasteiger partial charge in [-0.2, -0.15) is 0 Å². The lowest BCUT2D eigenvalue weighted by Gasteiger charge is -2.21. The fourth-order valence-electron chi connectivity index (χ4n) is 3.14. The molecule has 0 fully saturated rings. The van der Waals surface area contributed by atoms with Crippen LogP contribution in [0.25, 0.3) is 10.8 Å². The number of allylic oxidation sites excluding steroid dienone is 1. The minimum atomic E-state index is -1.26. The van der Waals surface area contributed by atoms with Gasteiger partial charge >= 0.3 is 6.09 Å². The highest BCUT2D eigenvalue weighted by molar-refractivity contribution is 6.82. The van der Waals surface area contributed by atoms with Gasteiger partial charge in [0.05, 0.1) is 14.1 Å². The van der Waals surface area contributed by atoms with Gasteiger partial charge in [0.15, 0.2) is 0 Å². The zero-order valence-electron chi connectivity index (χ0n) is 17.3. The zero-order chi connectivity index (χ0) is 20.0. The van der Waals surface area contributed by atoms with Crippen LogP contribution >= 0.6 is 0 Å². The highest BCUT2D eigenvalue weighted by Crippen LogP contribution is 2.24. The lowest BCUT2D eigenvalue weighted by Crippen LogP contribution is -2.30. The van der Waals surface area contributed by atoms with Gasteiger partial charge in [-0.15, -0.1) is 6.58 Å². The van der Waals surface area contributed by atoms with Crippen LogP contribution < -0.4 is 5.32 Å². The number of alkyl carbamates (subject to hydrolysis) is 1. The van der Waals surface area contributed by atoms with Crippen molar-refractivity contribution < 1.29 is 9.53 Å². The van der Waals surface area contributed by atoms with E-state index in [0.717, 1.165) is 30.2 Å². The molecule has 4 heteroatoms. The van der Waals surface area contributed by atoms with E-state index in [9.17, 15) is 4.79 Å². The van der Waals surface area contributed by atoms with Gasteiger partial charge in [-0.3, -0.25) is 0 Å². The molecule has 27 heavy (non-hydrogen) atoms. The van der Waals surface area contributed by atoms with E-state index in [1.807, 2.05) is 32.0 Å². The van der Waals surface area contributed by atoms with Crippen LogP contribution in [0.15, 0.2) is 54.2 Å². The van der Waals surface area contributed by atoms with Gasteiger partial charge in [0.25, 0.3) is 0 Å². The Balaban J connectivity index is 1.85. The average molecular weight is 384 g/mol. The Hall–Kier alpha value is -2.07. The largest absolute Gasteiger partial charge is 0.447 e. The Bertz CT molecular complexity index is 789. The van der Waals surface area contributed by atoms with Crippen molar-refractivity contribution in [3.05, 3.63) is 59.8 Å². The van der Waals surface area contributed by atoms with Crippen molar-refractivity contribution in [3.63, 3.8) is 0 Å². The number of fused-ring (bicyclic) bond motifs is 1. The molecule has 2 atom stereocenters. The Labute approximate surface area is 164 Å². The van der Waals surface area contributed by atoms with Crippen LogP contribution in [0.2, 0.25) is 19.6 Å². The normalized spacial score (nSPS) is 13.8. The molecule has 0 aliphatic heterocycles. The summed E-state index contributed by atoms with van der Waals surface area (Å²) in [6.07, 6.45) is 2.44. The van der Waals surface area contributed by atoms with Crippen molar-refractivity contribution in [1.29, 1.82) is 0 Å². The summed E-state index contributed by atoms with van der Waals surface area (Å²) in [5, 5.41) is 6.68. The van der Waals surface area contributed by atoms with E-state index < -0.39 is 8.07 Å². The number of ether oxygens (including phenoxy) is 1. The van der Waals surface area contributed by atoms with Crippen LogP contribution in [0.4, 0.5) is 4.79 Å². The second-order valence-electron chi connectivity index (χ2n) is 8.40. The first-order valence-electron chi connectivity index (χ1n) is 9.81. The minimum Gasteiger partial charge on any atom is -0.447 e. The highest BCUT2D eigenvalue weighted by Gasteiger charge is 2.18. The van der Waals surface area contributed by atoms with Crippen molar-refractivity contribution in [2.24, 2.45) is 0 Å². The van der Waals surface area contributed by atoms with E-state index in [1.54, 1.807) is 0 Å². The van der Waals surface area contributed by atoms with Gasteiger partial charge in [0, 0.05) is 0 Å². The Kier molecular flexibility index (Phi) is 7.25. The van der Waals surface area contributed by atoms with Gasteiger partial charge < -0.3 is 10.1 Å². The van der Waals surface area contributed by atoms with Crippen LogP contribution in [0, 0.1) is 0 Å². The Morgan fingerprint density at radius 2 is 1.78 bits per heavy atom. The van der Waals surface area contributed by atoms with E-state index in [-0.39, 0.29) is 18.2 Å². The summed E-state index contributed by atoms with van der Waals surface area (Å²) in [4.78, 5) is 12.3. The smallest absolute Gasteiger partial charge is 0.407 e. The number of carbonyl (C=O) groups is 1. The molecule has 1 amide bonds. The molecule has 2 unspecified atom stereocenters. The fraction of sp³-hybridized carbons (Fsp3) is 0.435. The van der Waals surface area contributed by atoms with Crippen LogP contribution in [-0.4, -0.2) is 20.3 Å². The molecule has 2 rings (SSSR count). The standard InChI is InChI=1S/C23H33NO2Si/c1-17(11-9-12-18(2)27(4,5)6)26-23(25)24-19(3)21-16-10-14-20-13-7-8-15-22(20)21/h7-8,10,13-17,19H,2,9,11-12H2,1,3-6H3,(H,24,25). The number of benzene rings is 2. The molecule has 0 aliphatic rings. The molecule has 0 spiro atoms. The predicted molar refractivity (Wildman–Crippen MR) is 118 cm³/mol. The molecule has 0 bridgehead atoms. The summed E-state index contributed by atoms with van der Waals surface area (Å²) in [7, 11) is -1.26. The summed E-state index contributed by atoms with van der Waals surface area (Å²) < 4.78 is 5.55. The molecule has 0 heterocycles. The number of rotatable bonds is 8. The van der Waals surface area contributed by atoms with Crippen LogP contribution in [0.5, 0.6) is 0 Å². The molecule has 0 radical (unpaired) electrons. The number of hydrogen-bond acceptors (Lipinski definition) is 2. The summed E-state index contributed by atoms with van der Waals surface area (Å²) in [6.45, 7) is 15.1. The van der Waals surface area contributed by atoms with Crippen molar-refractivity contribution in [3.8, 4) is 0 Å². The van der Waals surface area contributed by atoms with Gasteiger partial charge in [0.2, 0.25) is 0 Å². The lowest BCUT2D eigenvalue weighted by atomic mass is 10.00. The van der Waals surface area contributed by atoms with Crippen molar-refractivity contribution >= 4 is 24.9 Å². The van der Waals surface area contributed by atoms with E-state index in [0.29, 0.717) is 0 Å². The van der Waals surface area contributed by atoms with Crippen molar-refractivity contribution in [2.75, 3.05) is 0 Å². The van der Waals surface area contributed by atoms with Gasteiger partial charge in [0.1, 0.15) is 6.10 Å². The fourth-order valence-corrected chi connectivity index (χ4v) is 4.06. The van der Waals surface area contributed by atoms with E-state index in [1.165, 1.54) is 10.6 Å². The molecule has 2 aromatic rings. The topological polar surface area (TPSA) is 38.3 Å². The third kappa shape index (κ3) is 6.24. The molecule has 0 aromatic heterocycles. The van der Waals surface area contributed by atoms with Gasteiger partial charge in [-0.1, -0.05) is 67.3 Å². The maximum Gasteiger partial charge on any atom is 0.407 e. The highest BCUT2D eigenvalue weighted by atomic mass is 28.3. The van der Waals surface area contributed by atoms with Crippen molar-refractivity contribution in [1.82, 2.24) is 5.32 Å². The maximum atomic E-state index is 12.3. The second kappa shape index (κ2) is 9.22. The maximum absolute atomic E-state index is 12.3. The Morgan fingerprint density at radius 1 is 1.11 bits per heavy atom. The quantitative estimate of drug-likeness (QED) is 0.520. The summed E-state index contributed by atoms with van der Waals surface area (Å²) in [6, 6.07) is 14.3. The average Bonchev–Trinajstić information content (AvgIpc) is 2.60. The van der Waals surface area contributed by atoms with E-state index in [2.05, 4.69) is 55.8 Å². The number of carbonyl (C=O) groups excluding carboxylic acids is 1. The number of nitrogens with one attached hydrogen (secondary N) is 1. The Morgan fingerprint density at radius 3 is 2.48 bits per heavy atom. The molecule has 2 aromatic carbocycles. The third-order valence-corrected chi connectivity index (χ3v) is 7.45. The first-order chi connectivity index (χ1) is 12.7. The molecule has 146 valence electrons. The van der Waals surface area contributed by atoms with Gasteiger partial charge in [-0.05, 0) is 49.4 Å². The third-order valence-electron chi connectivity index (χ3n) is 5.08. The summed E-state index contributed by atoms with van der Waals surface area (Å²) >= 11 is 0. The molecule has 3 nitrogen and oxygen atoms in total. The molecule has 1 N–H and O–H groups in total. The van der Waals surface area contributed by atoms with Crippen LogP contribution in [0.1, 0.15) is 44.7 Å². The molecular weight excluding hydrogens is 350 g/mol. The summed E-state index contributed by atoms with van der Waals surface area (Å²) in [5.41, 5.74) is 1.10. The van der Waals surface area contributed by atoms with Crippen LogP contribution in [-0.2, 0) is 4.74 Å². The number of amides is 1.